The average molecular weight is 256 g/mol. The van der Waals surface area contributed by atoms with E-state index in [0.29, 0.717) is 12.2 Å². The predicted octanol–water partition coefficient (Wildman–Crippen LogP) is 1.42. The lowest BCUT2D eigenvalue weighted by Gasteiger charge is -2.13. The number of ether oxygens (including phenoxy) is 4. The lowest BCUT2D eigenvalue weighted by Crippen LogP contribution is -2.21. The van der Waals surface area contributed by atoms with E-state index in [1.54, 1.807) is 0 Å². The van der Waals surface area contributed by atoms with Gasteiger partial charge in [0.25, 0.3) is 0 Å². The summed E-state index contributed by atoms with van der Waals surface area (Å²) in [7, 11) is 0. The Hall–Kier alpha value is -0.910. The van der Waals surface area contributed by atoms with Crippen LogP contribution in [0.25, 0.3) is 0 Å². The second-order valence-electron chi connectivity index (χ2n) is 4.59. The van der Waals surface area contributed by atoms with Gasteiger partial charge in [-0.2, -0.15) is 0 Å². The second-order valence-corrected chi connectivity index (χ2v) is 4.59. The zero-order valence-electron chi connectivity index (χ0n) is 10.6. The molecule has 0 amide bonds. The van der Waals surface area contributed by atoms with E-state index in [0.717, 1.165) is 38.9 Å². The van der Waals surface area contributed by atoms with Gasteiger partial charge in [-0.05, 0) is 19.3 Å². The molecule has 2 saturated heterocycles. The molecule has 102 valence electrons. The molecule has 2 rings (SSSR count). The van der Waals surface area contributed by atoms with Crippen LogP contribution in [-0.4, -0.2) is 44.8 Å². The number of carbonyl (C=O) groups is 1. The molecule has 2 aliphatic rings. The van der Waals surface area contributed by atoms with Crippen molar-refractivity contribution in [2.75, 3.05) is 26.4 Å². The van der Waals surface area contributed by atoms with E-state index in [1.807, 2.05) is 0 Å². The fourth-order valence-corrected chi connectivity index (χ4v) is 1.98. The molecule has 2 fully saturated rings. The molecule has 0 N–H and O–H groups in total. The van der Waals surface area contributed by atoms with Crippen molar-refractivity contribution in [2.24, 2.45) is 0 Å². The first kappa shape index (κ1) is 13.5. The Morgan fingerprint density at radius 3 is 2.67 bits per heavy atom. The molecule has 2 unspecified atom stereocenters. The first-order chi connectivity index (χ1) is 8.75. The van der Waals surface area contributed by atoms with Gasteiger partial charge in [-0.15, -0.1) is 0 Å². The largest absolute Gasteiger partial charge is 0.460 e. The van der Waals surface area contributed by atoms with E-state index in [4.69, 9.17) is 18.9 Å². The molecule has 5 nitrogen and oxygen atoms in total. The summed E-state index contributed by atoms with van der Waals surface area (Å²) in [4.78, 5) is 11.6. The van der Waals surface area contributed by atoms with Crippen LogP contribution in [0.3, 0.4) is 0 Å². The van der Waals surface area contributed by atoms with Crippen LogP contribution in [0.4, 0.5) is 0 Å². The molecule has 0 aromatic carbocycles. The summed E-state index contributed by atoms with van der Waals surface area (Å²) in [5.41, 5.74) is 0.323. The van der Waals surface area contributed by atoms with Crippen LogP contribution in [-0.2, 0) is 23.7 Å². The maximum absolute atomic E-state index is 11.6. The highest BCUT2D eigenvalue weighted by molar-refractivity contribution is 5.87. The number of hydrogen-bond donors (Lipinski definition) is 0. The lowest BCUT2D eigenvalue weighted by molar-refractivity contribution is -0.145. The number of hydrogen-bond acceptors (Lipinski definition) is 5. The topological polar surface area (TPSA) is 54.0 Å². The molecule has 2 atom stereocenters. The Morgan fingerprint density at radius 2 is 2.00 bits per heavy atom. The van der Waals surface area contributed by atoms with Gasteiger partial charge in [-0.25, -0.2) is 4.79 Å². The Bertz CT molecular complexity index is 260. The van der Waals surface area contributed by atoms with Gasteiger partial charge >= 0.3 is 5.97 Å². The van der Waals surface area contributed by atoms with E-state index < -0.39 is 5.97 Å². The van der Waals surface area contributed by atoms with E-state index >= 15 is 0 Å². The van der Waals surface area contributed by atoms with Crippen LogP contribution in [0.2, 0.25) is 0 Å². The van der Waals surface area contributed by atoms with Crippen molar-refractivity contribution in [3.8, 4) is 0 Å². The van der Waals surface area contributed by atoms with Crippen LogP contribution in [0.15, 0.2) is 12.2 Å². The fourth-order valence-electron chi connectivity index (χ4n) is 1.98. The molecule has 5 heteroatoms. The lowest BCUT2D eigenvalue weighted by atomic mass is 10.2. The molecule has 0 radical (unpaired) electrons. The van der Waals surface area contributed by atoms with E-state index in [-0.39, 0.29) is 19.0 Å². The third kappa shape index (κ3) is 4.08. The smallest absolute Gasteiger partial charge is 0.335 e. The first-order valence-corrected chi connectivity index (χ1v) is 6.45. The molecule has 0 spiro atoms. The van der Waals surface area contributed by atoms with Crippen molar-refractivity contribution in [3.63, 3.8) is 0 Å². The molecule has 0 bridgehead atoms. The minimum absolute atomic E-state index is 0.0424. The highest BCUT2D eigenvalue weighted by Gasteiger charge is 2.20. The SMILES string of the molecule is C=C(COC1CCCO1)C(=O)OCC1CCCO1. The normalized spacial score (nSPS) is 27.3. The van der Waals surface area contributed by atoms with Crippen LogP contribution >= 0.6 is 0 Å². The van der Waals surface area contributed by atoms with Crippen LogP contribution < -0.4 is 0 Å². The van der Waals surface area contributed by atoms with Crippen molar-refractivity contribution in [1.82, 2.24) is 0 Å². The van der Waals surface area contributed by atoms with Gasteiger partial charge < -0.3 is 18.9 Å². The van der Waals surface area contributed by atoms with Gasteiger partial charge in [0.1, 0.15) is 6.61 Å². The van der Waals surface area contributed by atoms with Crippen molar-refractivity contribution in [1.29, 1.82) is 0 Å². The quantitative estimate of drug-likeness (QED) is 0.531. The Kier molecular flexibility index (Phi) is 5.16. The summed E-state index contributed by atoms with van der Waals surface area (Å²) < 4.78 is 21.2. The predicted molar refractivity (Wildman–Crippen MR) is 64.0 cm³/mol. The van der Waals surface area contributed by atoms with E-state index in [2.05, 4.69) is 6.58 Å². The van der Waals surface area contributed by atoms with Crippen LogP contribution in [0.5, 0.6) is 0 Å². The Morgan fingerprint density at radius 1 is 1.22 bits per heavy atom. The van der Waals surface area contributed by atoms with Crippen LogP contribution in [0.1, 0.15) is 25.7 Å². The van der Waals surface area contributed by atoms with Crippen molar-refractivity contribution >= 4 is 5.97 Å². The summed E-state index contributed by atoms with van der Waals surface area (Å²) in [5, 5.41) is 0. The van der Waals surface area contributed by atoms with Gasteiger partial charge in [0.05, 0.1) is 18.3 Å². The maximum Gasteiger partial charge on any atom is 0.335 e. The fraction of sp³-hybridized carbons (Fsp3) is 0.769. The highest BCUT2D eigenvalue weighted by Crippen LogP contribution is 2.15. The number of carbonyl (C=O) groups excluding carboxylic acids is 1. The monoisotopic (exact) mass is 256 g/mol. The van der Waals surface area contributed by atoms with Gasteiger partial charge in [0.15, 0.2) is 6.29 Å². The second kappa shape index (κ2) is 6.87. The average Bonchev–Trinajstić information content (AvgIpc) is 3.05. The zero-order chi connectivity index (χ0) is 12.8. The molecule has 2 heterocycles. The van der Waals surface area contributed by atoms with Crippen LogP contribution in [0, 0.1) is 0 Å². The van der Waals surface area contributed by atoms with Gasteiger partial charge in [0.2, 0.25) is 0 Å². The van der Waals surface area contributed by atoms with Crippen molar-refractivity contribution in [2.45, 2.75) is 38.1 Å². The molecular formula is C13H20O5. The molecular weight excluding hydrogens is 236 g/mol. The molecule has 0 aliphatic carbocycles. The summed E-state index contributed by atoms with van der Waals surface area (Å²) in [6.45, 7) is 5.61. The van der Waals surface area contributed by atoms with Crippen molar-refractivity contribution in [3.05, 3.63) is 12.2 Å². The van der Waals surface area contributed by atoms with Gasteiger partial charge in [-0.1, -0.05) is 6.58 Å². The Labute approximate surface area is 107 Å². The summed E-state index contributed by atoms with van der Waals surface area (Å²) in [5.74, 6) is -0.413. The summed E-state index contributed by atoms with van der Waals surface area (Å²) in [6, 6.07) is 0. The van der Waals surface area contributed by atoms with E-state index in [1.165, 1.54) is 0 Å². The molecule has 0 aromatic heterocycles. The van der Waals surface area contributed by atoms with E-state index in [9.17, 15) is 4.79 Å². The molecule has 0 aromatic rings. The minimum Gasteiger partial charge on any atom is -0.460 e. The summed E-state index contributed by atoms with van der Waals surface area (Å²) >= 11 is 0. The molecule has 2 aliphatic heterocycles. The van der Waals surface area contributed by atoms with Gasteiger partial charge in [-0.3, -0.25) is 0 Å². The third-order valence-electron chi connectivity index (χ3n) is 3.04. The number of esters is 1. The molecule has 0 saturated carbocycles. The molecule has 18 heavy (non-hydrogen) atoms. The summed E-state index contributed by atoms with van der Waals surface area (Å²) in [6.07, 6.45) is 3.70. The van der Waals surface area contributed by atoms with Crippen molar-refractivity contribution < 1.29 is 23.7 Å². The maximum atomic E-state index is 11.6. The first-order valence-electron chi connectivity index (χ1n) is 6.45. The standard InChI is InChI=1S/C13H20O5/c1-10(8-17-12-5-3-7-16-12)13(14)18-9-11-4-2-6-15-11/h11-12H,1-9H2. The van der Waals surface area contributed by atoms with Gasteiger partial charge in [0, 0.05) is 19.6 Å². The Balaban J connectivity index is 1.59. The minimum atomic E-state index is -0.413. The number of rotatable bonds is 6. The zero-order valence-corrected chi connectivity index (χ0v) is 10.6. The highest BCUT2D eigenvalue weighted by atomic mass is 16.7. The third-order valence-corrected chi connectivity index (χ3v) is 3.04.